The molecule has 5 aliphatic heterocycles. The number of hydrogen-bond acceptors (Lipinski definition) is 15. The minimum absolute atomic E-state index is 0.00970. The van der Waals surface area contributed by atoms with E-state index in [0.717, 1.165) is 5.57 Å². The molecule has 5 heterocycles. The molecule has 0 radical (unpaired) electrons. The van der Waals surface area contributed by atoms with E-state index in [2.05, 4.69) is 6.08 Å². The summed E-state index contributed by atoms with van der Waals surface area (Å²) in [4.78, 5) is 57.9. The average molecular weight is 965 g/mol. The van der Waals surface area contributed by atoms with Gasteiger partial charge in [0.25, 0.3) is 0 Å². The number of rotatable bonds is 12. The summed E-state index contributed by atoms with van der Waals surface area (Å²) in [5.41, 5.74) is -1.46. The summed E-state index contributed by atoms with van der Waals surface area (Å²) in [6.45, 7) is 18.9. The summed E-state index contributed by atoms with van der Waals surface area (Å²) in [6, 6.07) is 5.95. The molecule has 15 heteroatoms. The van der Waals surface area contributed by atoms with Crippen molar-refractivity contribution >= 4 is 29.6 Å². The van der Waals surface area contributed by atoms with Gasteiger partial charge in [-0.25, -0.2) is 9.59 Å². The molecule has 15 nitrogen and oxygen atoms in total. The summed E-state index contributed by atoms with van der Waals surface area (Å²) in [7, 11) is 1.28. The highest BCUT2D eigenvalue weighted by Gasteiger charge is 2.81. The first-order valence-corrected chi connectivity index (χ1v) is 24.1. The first-order chi connectivity index (χ1) is 32.9. The van der Waals surface area contributed by atoms with Crippen LogP contribution in [0.25, 0.3) is 6.08 Å². The average Bonchev–Trinajstić information content (AvgIpc) is 3.46. The smallest absolute Gasteiger partial charge is 0.343 e. The third kappa shape index (κ3) is 8.16. The summed E-state index contributed by atoms with van der Waals surface area (Å²) < 4.78 is 56.4. The number of Topliss-reactive ketones (excluding diaryl/α,β-unsaturated/α-hetero) is 2. The van der Waals surface area contributed by atoms with Crippen molar-refractivity contribution in [2.45, 2.75) is 160 Å². The quantitative estimate of drug-likeness (QED) is 0.0905. The van der Waals surface area contributed by atoms with E-state index in [0.29, 0.717) is 36.1 Å². The lowest BCUT2D eigenvalue weighted by molar-refractivity contribution is -0.373. The van der Waals surface area contributed by atoms with Gasteiger partial charge in [0.2, 0.25) is 6.29 Å². The molecule has 10 rings (SSSR count). The number of benzene rings is 2. The van der Waals surface area contributed by atoms with Crippen molar-refractivity contribution in [1.82, 2.24) is 0 Å². The van der Waals surface area contributed by atoms with Crippen LogP contribution >= 0.6 is 0 Å². The van der Waals surface area contributed by atoms with Crippen molar-refractivity contribution in [3.8, 4) is 23.0 Å². The predicted molar refractivity (Wildman–Crippen MR) is 255 cm³/mol. The van der Waals surface area contributed by atoms with Gasteiger partial charge in [0.1, 0.15) is 52.8 Å². The Hall–Kier alpha value is -5.42. The van der Waals surface area contributed by atoms with Crippen LogP contribution in [0.2, 0.25) is 0 Å². The molecule has 4 fully saturated rings. The lowest BCUT2D eigenvalue weighted by Crippen LogP contribution is -2.72. The highest BCUT2D eigenvalue weighted by atomic mass is 16.8. The van der Waals surface area contributed by atoms with E-state index in [1.54, 1.807) is 32.9 Å². The topological polar surface area (TPSA) is 192 Å². The van der Waals surface area contributed by atoms with E-state index >= 15 is 4.79 Å². The summed E-state index contributed by atoms with van der Waals surface area (Å²) in [6.07, 6.45) is 7.47. The number of allylic oxidation sites excluding steroid dienone is 5. The second-order valence-electron chi connectivity index (χ2n) is 21.3. The number of aliphatic hydroxyl groups excluding tert-OH is 2. The van der Waals surface area contributed by atoms with Crippen molar-refractivity contribution in [2.24, 2.45) is 11.8 Å². The lowest BCUT2D eigenvalue weighted by atomic mass is 9.51. The largest absolute Gasteiger partial charge is 0.482 e. The molecule has 5 unspecified atom stereocenters. The van der Waals surface area contributed by atoms with E-state index < -0.39 is 88.5 Å². The van der Waals surface area contributed by atoms with Crippen molar-refractivity contribution in [3.63, 3.8) is 0 Å². The van der Waals surface area contributed by atoms with Crippen LogP contribution in [0.4, 0.5) is 0 Å². The Labute approximate surface area is 408 Å². The maximum absolute atomic E-state index is 15.8. The number of esters is 2. The second kappa shape index (κ2) is 17.7. The molecule has 2 aromatic rings. The molecule has 1 saturated carbocycles. The Morgan fingerprint density at radius 2 is 1.61 bits per heavy atom. The highest BCUT2D eigenvalue weighted by molar-refractivity contribution is 6.19. The zero-order chi connectivity index (χ0) is 50.5. The number of methoxy groups -OCH3 is 1. The number of hydrogen-bond donors (Lipinski definition) is 2. The molecule has 3 saturated heterocycles. The first kappa shape index (κ1) is 49.6. The standard InChI is InChI=1S/C55H64O15/c1-28(2)13-12-22-53(10)23-21-35-43(68-53)34(19-14-29(3)4)45-39(40(56)36-25-32-26-38-51(6,7)70-54(47(32)59,55(36,38)69-45)24-20-30(5)48(60)62-11)44(35)66-49(61)31-15-17-33(18-16-31)64-50-42(58)41(57)46-37(65-50)27-63-52(8,9)67-46/h13-18,20-21,23,25,32,37-38,41-42,46,50,57-58H,12,19,22,24,26-27H2,1-11H3/b30-20-/t32?,37-,38?,41-,42-,46-,50-,53?,54?,55?/m1/s1. The fourth-order valence-electron chi connectivity index (χ4n) is 11.3. The fraction of sp³-hybridized carbons (Fsp3) is 0.527. The zero-order valence-corrected chi connectivity index (χ0v) is 41.8. The number of carbonyl (C=O) groups is 4. The molecule has 3 aliphatic carbocycles. The Morgan fingerprint density at radius 1 is 0.900 bits per heavy atom. The van der Waals surface area contributed by atoms with Crippen LogP contribution in [-0.2, 0) is 39.7 Å². The second-order valence-corrected chi connectivity index (χ2v) is 21.3. The van der Waals surface area contributed by atoms with Gasteiger partial charge in [0.15, 0.2) is 34.3 Å². The Morgan fingerprint density at radius 3 is 2.30 bits per heavy atom. The first-order valence-electron chi connectivity index (χ1n) is 24.1. The van der Waals surface area contributed by atoms with E-state index in [1.807, 2.05) is 66.7 Å². The van der Waals surface area contributed by atoms with Crippen molar-refractivity contribution in [2.75, 3.05) is 13.7 Å². The molecule has 1 spiro atoms. The number of ketones is 2. The van der Waals surface area contributed by atoms with Gasteiger partial charge in [-0.3, -0.25) is 9.59 Å². The molecular weight excluding hydrogens is 901 g/mol. The molecule has 8 aliphatic rings. The van der Waals surface area contributed by atoms with Gasteiger partial charge in [-0.2, -0.15) is 0 Å². The fourth-order valence-corrected chi connectivity index (χ4v) is 11.3. The Kier molecular flexibility index (Phi) is 12.5. The van der Waals surface area contributed by atoms with Crippen molar-refractivity contribution < 1.29 is 72.0 Å². The van der Waals surface area contributed by atoms with Gasteiger partial charge in [0, 0.05) is 35.0 Å². The molecule has 374 valence electrons. The van der Waals surface area contributed by atoms with Gasteiger partial charge in [-0.1, -0.05) is 35.5 Å². The van der Waals surface area contributed by atoms with Crippen LogP contribution in [0.15, 0.2) is 76.9 Å². The van der Waals surface area contributed by atoms with Gasteiger partial charge < -0.3 is 52.8 Å². The van der Waals surface area contributed by atoms with Crippen molar-refractivity contribution in [3.05, 3.63) is 99.2 Å². The van der Waals surface area contributed by atoms with Gasteiger partial charge in [-0.05, 0) is 131 Å². The van der Waals surface area contributed by atoms with E-state index in [-0.39, 0.29) is 64.8 Å². The van der Waals surface area contributed by atoms with Crippen LogP contribution in [0.5, 0.6) is 23.0 Å². The molecule has 10 atom stereocenters. The molecule has 2 N–H and O–H groups in total. The maximum atomic E-state index is 15.8. The van der Waals surface area contributed by atoms with Crippen LogP contribution in [-0.4, -0.2) is 106 Å². The summed E-state index contributed by atoms with van der Waals surface area (Å²) >= 11 is 0. The lowest BCUT2D eigenvalue weighted by Gasteiger charge is -2.56. The Bertz CT molecular complexity index is 2680. The van der Waals surface area contributed by atoms with Gasteiger partial charge in [-0.15, -0.1) is 0 Å². The maximum Gasteiger partial charge on any atom is 0.343 e. The summed E-state index contributed by atoms with van der Waals surface area (Å²) in [5, 5.41) is 21.9. The zero-order valence-electron chi connectivity index (χ0n) is 41.8. The number of aliphatic hydroxyl groups is 2. The molecule has 4 bridgehead atoms. The monoisotopic (exact) mass is 964 g/mol. The number of fused-ring (bicyclic) bond motifs is 3. The summed E-state index contributed by atoms with van der Waals surface area (Å²) in [5.74, 6) is -3.60. The SMILES string of the molecule is COC(=O)/C(C)=C\CC12OC(C)(C)C3CC(C=C4C(=O)c5c(OC(=O)c6ccc(O[C@@H]7O[C@@H]8COC(C)(C)O[C@H]8[C@H](O)[C@H]7O)cc6)c6c(c(CC=C(C)C)c5OC431)OC(C)(CCC=C(C)C)C=C6)C2=O. The highest BCUT2D eigenvalue weighted by Crippen LogP contribution is 2.69. The van der Waals surface area contributed by atoms with Crippen LogP contribution in [0.3, 0.4) is 0 Å². The predicted octanol–water partition coefficient (Wildman–Crippen LogP) is 7.82. The molecule has 70 heavy (non-hydrogen) atoms. The minimum Gasteiger partial charge on any atom is -0.482 e. The molecule has 0 amide bonds. The van der Waals surface area contributed by atoms with E-state index in [4.69, 9.17) is 42.6 Å². The van der Waals surface area contributed by atoms with Crippen LogP contribution < -0.4 is 18.9 Å². The third-order valence-corrected chi connectivity index (χ3v) is 14.8. The van der Waals surface area contributed by atoms with E-state index in [9.17, 15) is 24.6 Å². The van der Waals surface area contributed by atoms with Crippen LogP contribution in [0.1, 0.15) is 127 Å². The van der Waals surface area contributed by atoms with Gasteiger partial charge in [0.05, 0.1) is 30.4 Å². The van der Waals surface area contributed by atoms with Crippen LogP contribution in [0, 0.1) is 11.8 Å². The number of carbonyl (C=O) groups excluding carboxylic acids is 4. The normalized spacial score (nSPS) is 32.7. The molecular formula is C55H64O15. The Balaban J connectivity index is 1.14. The van der Waals surface area contributed by atoms with Crippen molar-refractivity contribution in [1.29, 1.82) is 0 Å². The minimum atomic E-state index is -1.71. The third-order valence-electron chi connectivity index (χ3n) is 14.8. The molecule has 2 aromatic carbocycles. The van der Waals surface area contributed by atoms with E-state index in [1.165, 1.54) is 36.9 Å². The van der Waals surface area contributed by atoms with Gasteiger partial charge >= 0.3 is 11.9 Å². The number of ether oxygens (including phenoxy) is 9. The molecule has 0 aromatic heterocycles.